The van der Waals surface area contributed by atoms with Crippen molar-refractivity contribution in [3.8, 4) is 5.88 Å². The fraction of sp³-hybridized carbons (Fsp3) is 0.292. The molecule has 2 aliphatic heterocycles. The highest BCUT2D eigenvalue weighted by molar-refractivity contribution is 9.10. The number of carbonyl (C=O) groups is 4. The SMILES string of the molecule is CC1(C)S[C@@H]2[C@H](NC(=O)C(NC(=O)c3nc4cc(Br)cnc4nc3O)c3ccccc3)C(=O)N2[C@H]1C(=O)O. The number of thioether (sulfide) groups is 1. The first kappa shape index (κ1) is 25.9. The first-order valence-corrected chi connectivity index (χ1v) is 13.1. The van der Waals surface area contributed by atoms with E-state index in [4.69, 9.17) is 0 Å². The third-order valence-corrected chi connectivity index (χ3v) is 8.33. The number of benzene rings is 1. The van der Waals surface area contributed by atoms with E-state index in [2.05, 4.69) is 41.5 Å². The number of aromatic hydroxyl groups is 1. The summed E-state index contributed by atoms with van der Waals surface area (Å²) in [4.78, 5) is 64.6. The molecular formula is C24H21BrN6O6S. The molecule has 196 valence electrons. The van der Waals surface area contributed by atoms with E-state index in [1.165, 1.54) is 22.9 Å². The first-order valence-electron chi connectivity index (χ1n) is 11.4. The minimum Gasteiger partial charge on any atom is -0.492 e. The van der Waals surface area contributed by atoms with Crippen LogP contribution in [0.5, 0.6) is 5.88 Å². The Balaban J connectivity index is 1.40. The first-order chi connectivity index (χ1) is 18.0. The minimum absolute atomic E-state index is 0.129. The monoisotopic (exact) mass is 600 g/mol. The van der Waals surface area contributed by atoms with Crippen molar-refractivity contribution in [2.45, 2.75) is 42.1 Å². The number of fused-ring (bicyclic) bond motifs is 2. The van der Waals surface area contributed by atoms with E-state index >= 15 is 0 Å². The summed E-state index contributed by atoms with van der Waals surface area (Å²) in [6, 6.07) is 6.69. The predicted molar refractivity (Wildman–Crippen MR) is 139 cm³/mol. The molecule has 12 nitrogen and oxygen atoms in total. The number of nitrogens with zero attached hydrogens (tertiary/aromatic N) is 4. The molecule has 2 aliphatic rings. The summed E-state index contributed by atoms with van der Waals surface area (Å²) < 4.78 is -0.162. The highest BCUT2D eigenvalue weighted by Crippen LogP contribution is 2.50. The predicted octanol–water partition coefficient (Wildman–Crippen LogP) is 1.60. The molecule has 0 spiro atoms. The molecular weight excluding hydrogens is 580 g/mol. The lowest BCUT2D eigenvalue weighted by atomic mass is 9.95. The molecule has 5 rings (SSSR count). The lowest BCUT2D eigenvalue weighted by molar-refractivity contribution is -0.161. The molecule has 1 unspecified atom stereocenters. The van der Waals surface area contributed by atoms with Gasteiger partial charge in [-0.1, -0.05) is 30.3 Å². The zero-order chi connectivity index (χ0) is 27.4. The lowest BCUT2D eigenvalue weighted by Crippen LogP contribution is -2.71. The van der Waals surface area contributed by atoms with Gasteiger partial charge in [-0.05, 0) is 41.4 Å². The Morgan fingerprint density at radius 1 is 1.18 bits per heavy atom. The van der Waals surface area contributed by atoms with Crippen LogP contribution in [0.3, 0.4) is 0 Å². The van der Waals surface area contributed by atoms with Gasteiger partial charge in [0.15, 0.2) is 11.3 Å². The number of amides is 3. The number of aromatic nitrogens is 3. The summed E-state index contributed by atoms with van der Waals surface area (Å²) in [5.74, 6) is -3.84. The quantitative estimate of drug-likeness (QED) is 0.304. The smallest absolute Gasteiger partial charge is 0.327 e. The molecule has 14 heteroatoms. The maximum absolute atomic E-state index is 13.4. The average Bonchev–Trinajstić information content (AvgIpc) is 3.13. The van der Waals surface area contributed by atoms with Gasteiger partial charge in [-0.3, -0.25) is 14.4 Å². The lowest BCUT2D eigenvalue weighted by Gasteiger charge is -2.44. The summed E-state index contributed by atoms with van der Waals surface area (Å²) in [5, 5.41) is 24.6. The zero-order valence-electron chi connectivity index (χ0n) is 20.0. The van der Waals surface area contributed by atoms with Gasteiger partial charge in [0.1, 0.15) is 29.0 Å². The number of carbonyl (C=O) groups excluding carboxylic acids is 3. The standard InChI is InChI=1S/C24H21BrN6O6S/c1-24(2)16(23(36)37)31-21(35)15(22(31)38-24)29-18(32)13(10-6-4-3-5-7-10)28-19(33)14-20(34)30-17-12(27-14)8-11(25)9-26-17/h3-9,13,15-16,22H,1-2H3,(H,28,33)(H,29,32)(H,36,37)(H,26,30,34)/t13?,15-,16+,22-/m1/s1. The van der Waals surface area contributed by atoms with Gasteiger partial charge in [0.2, 0.25) is 17.7 Å². The fourth-order valence-corrected chi connectivity index (χ4v) is 6.54. The number of pyridine rings is 1. The topological polar surface area (TPSA) is 175 Å². The van der Waals surface area contributed by atoms with Crippen molar-refractivity contribution in [3.63, 3.8) is 0 Å². The number of rotatable bonds is 6. The molecule has 0 aliphatic carbocycles. The molecule has 2 saturated heterocycles. The van der Waals surface area contributed by atoms with Crippen LogP contribution in [0.25, 0.3) is 11.2 Å². The second-order valence-electron chi connectivity index (χ2n) is 9.29. The summed E-state index contributed by atoms with van der Waals surface area (Å²) >= 11 is 4.56. The zero-order valence-corrected chi connectivity index (χ0v) is 22.4. The van der Waals surface area contributed by atoms with E-state index in [0.717, 1.165) is 0 Å². The van der Waals surface area contributed by atoms with Gasteiger partial charge >= 0.3 is 5.97 Å². The van der Waals surface area contributed by atoms with Crippen LogP contribution in [0, 0.1) is 0 Å². The van der Waals surface area contributed by atoms with Crippen molar-refractivity contribution in [2.24, 2.45) is 0 Å². The number of nitrogens with one attached hydrogen (secondary N) is 2. The van der Waals surface area contributed by atoms with Crippen molar-refractivity contribution in [1.29, 1.82) is 0 Å². The van der Waals surface area contributed by atoms with E-state index in [1.807, 2.05) is 0 Å². The highest BCUT2D eigenvalue weighted by atomic mass is 79.9. The van der Waals surface area contributed by atoms with Gasteiger partial charge in [-0.15, -0.1) is 11.8 Å². The van der Waals surface area contributed by atoms with Crippen molar-refractivity contribution < 1.29 is 29.4 Å². The van der Waals surface area contributed by atoms with Gasteiger partial charge in [-0.2, -0.15) is 4.98 Å². The Labute approximate surface area is 228 Å². The van der Waals surface area contributed by atoms with Crippen LogP contribution in [-0.4, -0.2) is 76.0 Å². The number of hydrogen-bond acceptors (Lipinski definition) is 9. The molecule has 1 aromatic carbocycles. The van der Waals surface area contributed by atoms with Crippen molar-refractivity contribution in [3.05, 3.63) is 58.3 Å². The molecule has 3 amide bonds. The largest absolute Gasteiger partial charge is 0.492 e. The van der Waals surface area contributed by atoms with Crippen LogP contribution in [0.15, 0.2) is 47.1 Å². The maximum Gasteiger partial charge on any atom is 0.327 e. The molecule has 4 N–H and O–H groups in total. The summed E-state index contributed by atoms with van der Waals surface area (Å²) in [7, 11) is 0. The Bertz CT molecular complexity index is 1490. The number of carboxylic acid groups (broad SMARTS) is 1. The van der Waals surface area contributed by atoms with E-state index in [-0.39, 0.29) is 11.2 Å². The Morgan fingerprint density at radius 3 is 2.58 bits per heavy atom. The number of hydrogen-bond donors (Lipinski definition) is 4. The third kappa shape index (κ3) is 4.43. The van der Waals surface area contributed by atoms with Gasteiger partial charge < -0.3 is 25.7 Å². The highest BCUT2D eigenvalue weighted by Gasteiger charge is 2.64. The van der Waals surface area contributed by atoms with Crippen molar-refractivity contribution in [1.82, 2.24) is 30.5 Å². The van der Waals surface area contributed by atoms with Crippen molar-refractivity contribution >= 4 is 62.5 Å². The molecule has 2 fully saturated rings. The molecule has 2 aromatic heterocycles. The molecule has 0 saturated carbocycles. The third-order valence-electron chi connectivity index (χ3n) is 6.33. The molecule has 0 radical (unpaired) electrons. The van der Waals surface area contributed by atoms with Gasteiger partial charge in [-0.25, -0.2) is 14.8 Å². The van der Waals surface area contributed by atoms with Crippen LogP contribution in [0.4, 0.5) is 0 Å². The average molecular weight is 601 g/mol. The Kier molecular flexibility index (Phi) is 6.47. The van der Waals surface area contributed by atoms with Gasteiger partial charge in [0.25, 0.3) is 5.91 Å². The van der Waals surface area contributed by atoms with Crippen LogP contribution < -0.4 is 10.6 Å². The van der Waals surface area contributed by atoms with E-state index in [9.17, 15) is 29.4 Å². The minimum atomic E-state index is -1.25. The van der Waals surface area contributed by atoms with Crippen LogP contribution in [0.1, 0.15) is 35.9 Å². The van der Waals surface area contributed by atoms with E-state index in [1.54, 1.807) is 50.2 Å². The number of aliphatic carboxylic acids is 1. The summed E-state index contributed by atoms with van der Waals surface area (Å²) in [6.07, 6.45) is 1.47. The van der Waals surface area contributed by atoms with Crippen LogP contribution in [0.2, 0.25) is 0 Å². The van der Waals surface area contributed by atoms with Gasteiger partial charge in [0.05, 0.1) is 0 Å². The number of halogens is 1. The second-order valence-corrected chi connectivity index (χ2v) is 12.0. The second kappa shape index (κ2) is 9.51. The molecule has 3 aromatic rings. The molecule has 0 bridgehead atoms. The number of carboxylic acids is 1. The summed E-state index contributed by atoms with van der Waals surface area (Å²) in [5.41, 5.74) is 0.387. The Hall–Kier alpha value is -3.78. The van der Waals surface area contributed by atoms with Crippen molar-refractivity contribution in [2.75, 3.05) is 0 Å². The normalized spacial score (nSPS) is 22.3. The van der Waals surface area contributed by atoms with Crippen LogP contribution in [-0.2, 0) is 14.4 Å². The van der Waals surface area contributed by atoms with Gasteiger partial charge in [0, 0.05) is 15.4 Å². The van der Waals surface area contributed by atoms with E-state index < -0.39 is 63.5 Å². The maximum atomic E-state index is 13.4. The Morgan fingerprint density at radius 2 is 1.89 bits per heavy atom. The number of β-lactam (4-membered cyclic amide) rings is 1. The molecule has 38 heavy (non-hydrogen) atoms. The fourth-order valence-electron chi connectivity index (χ4n) is 4.59. The van der Waals surface area contributed by atoms with Crippen LogP contribution >= 0.6 is 27.7 Å². The molecule has 4 heterocycles. The molecule has 4 atom stereocenters. The summed E-state index contributed by atoms with van der Waals surface area (Å²) in [6.45, 7) is 3.47. The van der Waals surface area contributed by atoms with E-state index in [0.29, 0.717) is 10.0 Å².